The number of hydrogen-bond donors (Lipinski definition) is 1. The van der Waals surface area contributed by atoms with Crippen molar-refractivity contribution in [1.29, 1.82) is 0 Å². The summed E-state index contributed by atoms with van der Waals surface area (Å²) >= 11 is 1.60. The van der Waals surface area contributed by atoms with Crippen LogP contribution >= 0.6 is 23.7 Å². The van der Waals surface area contributed by atoms with E-state index in [0.717, 1.165) is 34.8 Å². The van der Waals surface area contributed by atoms with Gasteiger partial charge in [-0.05, 0) is 43.9 Å². The first-order valence-electron chi connectivity index (χ1n) is 9.42. The number of aromatic nitrogens is 2. The Balaban J connectivity index is 0.00000210. The highest BCUT2D eigenvalue weighted by atomic mass is 35.5. The molecule has 4 nitrogen and oxygen atoms in total. The number of imidazole rings is 1. The Morgan fingerprint density at radius 2 is 2.00 bits per heavy atom. The highest BCUT2D eigenvalue weighted by Gasteiger charge is 2.17. The van der Waals surface area contributed by atoms with Crippen LogP contribution in [0.3, 0.4) is 0 Å². The molecule has 0 saturated heterocycles. The van der Waals surface area contributed by atoms with Gasteiger partial charge in [-0.15, -0.1) is 23.7 Å². The van der Waals surface area contributed by atoms with Gasteiger partial charge < -0.3 is 5.32 Å². The van der Waals surface area contributed by atoms with Crippen LogP contribution in [0.15, 0.2) is 29.8 Å². The lowest BCUT2D eigenvalue weighted by Gasteiger charge is -2.22. The number of nitrogens with one attached hydrogen (secondary N) is 1. The third kappa shape index (κ3) is 4.36. The molecule has 1 fully saturated rings. The highest BCUT2D eigenvalue weighted by Crippen LogP contribution is 2.25. The zero-order valence-electron chi connectivity index (χ0n) is 15.8. The number of hydrogen-bond acceptors (Lipinski definition) is 3. The van der Waals surface area contributed by atoms with E-state index in [4.69, 9.17) is 4.98 Å². The fraction of sp³-hybridized carbons (Fsp3) is 0.429. The minimum Gasteiger partial charge on any atom is -0.353 e. The van der Waals surface area contributed by atoms with E-state index in [9.17, 15) is 4.79 Å². The van der Waals surface area contributed by atoms with Gasteiger partial charge in [0.25, 0.3) is 0 Å². The number of fused-ring (bicyclic) bond motifs is 1. The fourth-order valence-electron chi connectivity index (χ4n) is 3.69. The van der Waals surface area contributed by atoms with E-state index in [1.54, 1.807) is 11.3 Å². The molecule has 2 heterocycles. The van der Waals surface area contributed by atoms with Crippen molar-refractivity contribution in [3.8, 4) is 11.3 Å². The average molecular weight is 404 g/mol. The minimum absolute atomic E-state index is 0. The topological polar surface area (TPSA) is 46.4 Å². The van der Waals surface area contributed by atoms with Crippen molar-refractivity contribution < 1.29 is 4.79 Å². The fourth-order valence-corrected chi connectivity index (χ4v) is 4.56. The van der Waals surface area contributed by atoms with E-state index in [2.05, 4.69) is 48.0 Å². The number of aryl methyl sites for hydroxylation is 2. The van der Waals surface area contributed by atoms with Gasteiger partial charge in [-0.2, -0.15) is 0 Å². The summed E-state index contributed by atoms with van der Waals surface area (Å²) in [6, 6.07) is 6.79. The predicted molar refractivity (Wildman–Crippen MR) is 114 cm³/mol. The quantitative estimate of drug-likeness (QED) is 0.659. The number of rotatable bonds is 4. The molecule has 1 aliphatic rings. The lowest BCUT2D eigenvalue weighted by molar-refractivity contribution is -0.121. The van der Waals surface area contributed by atoms with Crippen LogP contribution < -0.4 is 5.32 Å². The third-order valence-electron chi connectivity index (χ3n) is 5.40. The smallest absolute Gasteiger partial charge is 0.226 e. The third-order valence-corrected chi connectivity index (χ3v) is 6.29. The summed E-state index contributed by atoms with van der Waals surface area (Å²) in [5.74, 6) is 0.123. The largest absolute Gasteiger partial charge is 0.353 e. The first-order chi connectivity index (χ1) is 12.6. The molecule has 6 heteroatoms. The second-order valence-electron chi connectivity index (χ2n) is 7.38. The summed E-state index contributed by atoms with van der Waals surface area (Å²) in [7, 11) is 0. The van der Waals surface area contributed by atoms with E-state index in [0.29, 0.717) is 12.5 Å². The highest BCUT2D eigenvalue weighted by molar-refractivity contribution is 7.15. The number of carbonyl (C=O) groups is 1. The molecule has 1 aliphatic carbocycles. The van der Waals surface area contributed by atoms with Crippen molar-refractivity contribution >= 4 is 34.6 Å². The summed E-state index contributed by atoms with van der Waals surface area (Å²) in [6.45, 7) is 4.24. The van der Waals surface area contributed by atoms with Crippen LogP contribution in [0.2, 0.25) is 0 Å². The zero-order chi connectivity index (χ0) is 18.1. The van der Waals surface area contributed by atoms with E-state index in [1.165, 1.54) is 30.4 Å². The van der Waals surface area contributed by atoms with Crippen molar-refractivity contribution in [3.63, 3.8) is 0 Å². The molecular formula is C21H26ClN3OS. The van der Waals surface area contributed by atoms with Gasteiger partial charge in [0.05, 0.1) is 12.1 Å². The summed E-state index contributed by atoms with van der Waals surface area (Å²) < 4.78 is 2.07. The number of halogens is 1. The summed E-state index contributed by atoms with van der Waals surface area (Å²) in [5.41, 5.74) is 5.66. The molecule has 1 aromatic carbocycles. The van der Waals surface area contributed by atoms with E-state index < -0.39 is 0 Å². The molecule has 1 saturated carbocycles. The Bertz CT molecular complexity index is 940. The second kappa shape index (κ2) is 8.44. The minimum atomic E-state index is 0. The molecular weight excluding hydrogens is 378 g/mol. The molecule has 4 rings (SSSR count). The maximum Gasteiger partial charge on any atom is 0.226 e. The Labute approximate surface area is 170 Å². The predicted octanol–water partition coefficient (Wildman–Crippen LogP) is 5.09. The molecule has 0 radical (unpaired) electrons. The summed E-state index contributed by atoms with van der Waals surface area (Å²) in [6.07, 6.45) is 8.47. The SMILES string of the molecule is Cc1ccc(-c2cn3c(CC(=O)NC4CCCCC4)csc3n2)cc1C.Cl. The number of carbonyl (C=O) groups excluding carboxylic acids is 1. The normalized spacial score (nSPS) is 14.9. The maximum atomic E-state index is 12.4. The van der Waals surface area contributed by atoms with Gasteiger partial charge in [0, 0.05) is 28.9 Å². The molecule has 0 atom stereocenters. The van der Waals surface area contributed by atoms with E-state index in [-0.39, 0.29) is 18.3 Å². The van der Waals surface area contributed by atoms with Crippen molar-refractivity contribution in [3.05, 3.63) is 46.6 Å². The Kier molecular flexibility index (Phi) is 6.22. The molecule has 1 N–H and O–H groups in total. The molecule has 3 aromatic rings. The Hall–Kier alpha value is -1.85. The summed E-state index contributed by atoms with van der Waals surface area (Å²) in [5, 5.41) is 5.25. The van der Waals surface area contributed by atoms with Crippen molar-refractivity contribution in [1.82, 2.24) is 14.7 Å². The van der Waals surface area contributed by atoms with Gasteiger partial charge in [-0.25, -0.2) is 4.98 Å². The van der Waals surface area contributed by atoms with Gasteiger partial charge in [-0.3, -0.25) is 9.20 Å². The average Bonchev–Trinajstić information content (AvgIpc) is 3.20. The monoisotopic (exact) mass is 403 g/mol. The van der Waals surface area contributed by atoms with Gasteiger partial charge in [-0.1, -0.05) is 31.4 Å². The van der Waals surface area contributed by atoms with Crippen LogP contribution in [0.25, 0.3) is 16.2 Å². The van der Waals surface area contributed by atoms with Crippen LogP contribution in [0.4, 0.5) is 0 Å². The lowest BCUT2D eigenvalue weighted by atomic mass is 9.95. The van der Waals surface area contributed by atoms with E-state index >= 15 is 0 Å². The van der Waals surface area contributed by atoms with Crippen LogP contribution in [-0.2, 0) is 11.2 Å². The van der Waals surface area contributed by atoms with E-state index in [1.807, 2.05) is 5.38 Å². The number of benzene rings is 1. The van der Waals surface area contributed by atoms with Gasteiger partial charge in [0.15, 0.2) is 4.96 Å². The van der Waals surface area contributed by atoms with Crippen molar-refractivity contribution in [2.45, 2.75) is 58.4 Å². The molecule has 1 amide bonds. The molecule has 27 heavy (non-hydrogen) atoms. The molecule has 0 spiro atoms. The molecule has 2 aromatic heterocycles. The zero-order valence-corrected chi connectivity index (χ0v) is 17.5. The van der Waals surface area contributed by atoms with Crippen LogP contribution in [0.1, 0.15) is 48.9 Å². The first kappa shape index (κ1) is 19.9. The number of thiazole rings is 1. The van der Waals surface area contributed by atoms with Gasteiger partial charge in [0.2, 0.25) is 5.91 Å². The Morgan fingerprint density at radius 3 is 2.74 bits per heavy atom. The second-order valence-corrected chi connectivity index (χ2v) is 8.22. The standard InChI is InChI=1S/C21H25N3OS.ClH/c1-14-8-9-16(10-15(14)2)19-12-24-18(13-26-21(24)23-19)11-20(25)22-17-6-4-3-5-7-17;/h8-10,12-13,17H,3-7,11H2,1-2H3,(H,22,25);1H. The van der Waals surface area contributed by atoms with Crippen LogP contribution in [0, 0.1) is 13.8 Å². The van der Waals surface area contributed by atoms with Gasteiger partial charge >= 0.3 is 0 Å². The van der Waals surface area contributed by atoms with Gasteiger partial charge in [0.1, 0.15) is 0 Å². The first-order valence-corrected chi connectivity index (χ1v) is 10.3. The van der Waals surface area contributed by atoms with Crippen LogP contribution in [0.5, 0.6) is 0 Å². The summed E-state index contributed by atoms with van der Waals surface area (Å²) in [4.78, 5) is 18.1. The Morgan fingerprint density at radius 1 is 1.22 bits per heavy atom. The lowest BCUT2D eigenvalue weighted by Crippen LogP contribution is -2.37. The molecule has 144 valence electrons. The maximum absolute atomic E-state index is 12.4. The molecule has 0 unspecified atom stereocenters. The van der Waals surface area contributed by atoms with Crippen molar-refractivity contribution in [2.24, 2.45) is 0 Å². The number of amides is 1. The molecule has 0 aliphatic heterocycles. The number of nitrogens with zero attached hydrogens (tertiary/aromatic N) is 2. The van der Waals surface area contributed by atoms with Crippen molar-refractivity contribution in [2.75, 3.05) is 0 Å². The molecule has 0 bridgehead atoms. The van der Waals surface area contributed by atoms with Crippen LogP contribution in [-0.4, -0.2) is 21.3 Å².